The van der Waals surface area contributed by atoms with Crippen LogP contribution in [-0.4, -0.2) is 48.2 Å². The number of hydrogen-bond acceptors (Lipinski definition) is 3. The Morgan fingerprint density at radius 2 is 1.80 bits per heavy atom. The molecule has 1 heterocycles. The second-order valence-corrected chi connectivity index (χ2v) is 6.09. The molecule has 1 N–H and O–H groups in total. The van der Waals surface area contributed by atoms with Crippen molar-refractivity contribution in [2.75, 3.05) is 20.3 Å². The lowest BCUT2D eigenvalue weighted by Gasteiger charge is -2.33. The number of carboxylic acids is 1. The number of hydrogen-bond donors (Lipinski definition) is 1. The van der Waals surface area contributed by atoms with Crippen LogP contribution in [0.2, 0.25) is 0 Å². The van der Waals surface area contributed by atoms with E-state index in [1.165, 1.54) is 0 Å². The molecule has 0 spiro atoms. The van der Waals surface area contributed by atoms with Gasteiger partial charge in [-0.15, -0.1) is 0 Å². The highest BCUT2D eigenvalue weighted by Gasteiger charge is 2.44. The molecule has 0 aromatic carbocycles. The number of carbonyl (C=O) groups excluding carboxylic acids is 1. The van der Waals surface area contributed by atoms with Gasteiger partial charge in [0.15, 0.2) is 0 Å². The van der Waals surface area contributed by atoms with Crippen molar-refractivity contribution in [1.29, 1.82) is 0 Å². The van der Waals surface area contributed by atoms with Gasteiger partial charge in [0.2, 0.25) is 5.91 Å². The maximum atomic E-state index is 12.6. The molecule has 114 valence electrons. The van der Waals surface area contributed by atoms with Crippen LogP contribution in [0.4, 0.5) is 0 Å². The van der Waals surface area contributed by atoms with Gasteiger partial charge in [0.05, 0.1) is 11.8 Å². The maximum absolute atomic E-state index is 12.6. The van der Waals surface area contributed by atoms with E-state index in [2.05, 4.69) is 6.92 Å². The molecule has 20 heavy (non-hydrogen) atoms. The summed E-state index contributed by atoms with van der Waals surface area (Å²) in [7, 11) is 1.82. The van der Waals surface area contributed by atoms with Crippen molar-refractivity contribution in [3.8, 4) is 0 Å². The first-order valence-corrected chi connectivity index (χ1v) is 7.61. The van der Waals surface area contributed by atoms with E-state index in [9.17, 15) is 14.7 Å². The Morgan fingerprint density at radius 3 is 2.35 bits per heavy atom. The Kier molecular flexibility index (Phi) is 5.02. The van der Waals surface area contributed by atoms with Crippen LogP contribution in [0, 0.1) is 17.8 Å². The van der Waals surface area contributed by atoms with E-state index in [4.69, 9.17) is 4.74 Å². The quantitative estimate of drug-likeness (QED) is 0.853. The number of rotatable bonds is 4. The third kappa shape index (κ3) is 3.14. The average molecular weight is 283 g/mol. The fourth-order valence-electron chi connectivity index (χ4n) is 3.54. The molecule has 2 aliphatic rings. The first-order chi connectivity index (χ1) is 9.54. The highest BCUT2D eigenvalue weighted by molar-refractivity contribution is 5.85. The fraction of sp³-hybridized carbons (Fsp3) is 0.867. The molecule has 1 amide bonds. The Hall–Kier alpha value is -1.10. The maximum Gasteiger partial charge on any atom is 0.307 e. The summed E-state index contributed by atoms with van der Waals surface area (Å²) in [5.41, 5.74) is 0. The highest BCUT2D eigenvalue weighted by Crippen LogP contribution is 2.39. The van der Waals surface area contributed by atoms with Crippen molar-refractivity contribution in [3.63, 3.8) is 0 Å². The summed E-state index contributed by atoms with van der Waals surface area (Å²) >= 11 is 0. The predicted octanol–water partition coefficient (Wildman–Crippen LogP) is 1.76. The Labute approximate surface area is 120 Å². The monoisotopic (exact) mass is 283 g/mol. The normalized spacial score (nSPS) is 31.2. The van der Waals surface area contributed by atoms with Crippen molar-refractivity contribution >= 4 is 11.9 Å². The van der Waals surface area contributed by atoms with Crippen LogP contribution >= 0.6 is 0 Å². The molecule has 1 unspecified atom stereocenters. The third-order valence-corrected chi connectivity index (χ3v) is 4.96. The van der Waals surface area contributed by atoms with Crippen LogP contribution in [0.15, 0.2) is 0 Å². The van der Waals surface area contributed by atoms with Gasteiger partial charge < -0.3 is 14.7 Å². The molecule has 1 saturated carbocycles. The molecule has 0 radical (unpaired) electrons. The standard InChI is InChI=1S/C15H25NO4/c1-3-10-8-12(13(9-10)15(18)19)14(17)16(2)11-4-6-20-7-5-11/h10-13H,3-9H2,1-2H3,(H,18,19)/t10?,12-,13+/m0/s1. The Morgan fingerprint density at radius 1 is 1.20 bits per heavy atom. The Balaban J connectivity index is 2.03. The molecule has 1 aliphatic carbocycles. The zero-order valence-corrected chi connectivity index (χ0v) is 12.4. The molecule has 5 heteroatoms. The predicted molar refractivity (Wildman–Crippen MR) is 74.2 cm³/mol. The highest BCUT2D eigenvalue weighted by atomic mass is 16.5. The molecule has 0 aromatic heterocycles. The zero-order valence-electron chi connectivity index (χ0n) is 12.4. The summed E-state index contributed by atoms with van der Waals surface area (Å²) in [5.74, 6) is -1.28. The summed E-state index contributed by atoms with van der Waals surface area (Å²) in [6, 6.07) is 0.200. The van der Waals surface area contributed by atoms with E-state index in [0.717, 1.165) is 25.7 Å². The van der Waals surface area contributed by atoms with Gasteiger partial charge in [-0.1, -0.05) is 13.3 Å². The average Bonchev–Trinajstić information content (AvgIpc) is 2.91. The van der Waals surface area contributed by atoms with Crippen LogP contribution in [0.3, 0.4) is 0 Å². The molecule has 2 rings (SSSR count). The lowest BCUT2D eigenvalue weighted by atomic mass is 9.93. The van der Waals surface area contributed by atoms with Gasteiger partial charge in [-0.2, -0.15) is 0 Å². The molecular weight excluding hydrogens is 258 g/mol. The first-order valence-electron chi connectivity index (χ1n) is 7.61. The van der Waals surface area contributed by atoms with E-state index >= 15 is 0 Å². The van der Waals surface area contributed by atoms with Gasteiger partial charge >= 0.3 is 5.97 Å². The van der Waals surface area contributed by atoms with Crippen molar-refractivity contribution in [3.05, 3.63) is 0 Å². The van der Waals surface area contributed by atoms with Gasteiger partial charge in [-0.25, -0.2) is 0 Å². The number of ether oxygens (including phenoxy) is 1. The molecular formula is C15H25NO4. The minimum absolute atomic E-state index is 0.0141. The molecule has 1 aliphatic heterocycles. The summed E-state index contributed by atoms with van der Waals surface area (Å²) in [5, 5.41) is 9.35. The molecule has 0 bridgehead atoms. The second kappa shape index (κ2) is 6.57. The van der Waals surface area contributed by atoms with Crippen molar-refractivity contribution in [2.45, 2.75) is 45.1 Å². The van der Waals surface area contributed by atoms with E-state index in [1.807, 2.05) is 7.05 Å². The second-order valence-electron chi connectivity index (χ2n) is 6.09. The van der Waals surface area contributed by atoms with Gasteiger partial charge in [0.25, 0.3) is 0 Å². The van der Waals surface area contributed by atoms with Crippen LogP contribution in [-0.2, 0) is 14.3 Å². The van der Waals surface area contributed by atoms with Crippen LogP contribution in [0.25, 0.3) is 0 Å². The van der Waals surface area contributed by atoms with Crippen LogP contribution in [0.1, 0.15) is 39.0 Å². The molecule has 2 fully saturated rings. The van der Waals surface area contributed by atoms with Crippen molar-refractivity contribution < 1.29 is 19.4 Å². The van der Waals surface area contributed by atoms with Crippen molar-refractivity contribution in [1.82, 2.24) is 4.90 Å². The largest absolute Gasteiger partial charge is 0.481 e. The zero-order chi connectivity index (χ0) is 14.7. The summed E-state index contributed by atoms with van der Waals surface area (Å²) < 4.78 is 5.32. The third-order valence-electron chi connectivity index (χ3n) is 4.96. The molecule has 5 nitrogen and oxygen atoms in total. The lowest BCUT2D eigenvalue weighted by Crippen LogP contribution is -2.45. The van der Waals surface area contributed by atoms with Gasteiger partial charge in [-0.3, -0.25) is 9.59 Å². The van der Waals surface area contributed by atoms with Gasteiger partial charge in [0, 0.05) is 26.3 Å². The van der Waals surface area contributed by atoms with E-state index in [-0.39, 0.29) is 17.9 Å². The lowest BCUT2D eigenvalue weighted by molar-refractivity contribution is -0.150. The Bertz CT molecular complexity index is 365. The first kappa shape index (κ1) is 15.3. The van der Waals surface area contributed by atoms with Crippen LogP contribution < -0.4 is 0 Å². The number of amides is 1. The summed E-state index contributed by atoms with van der Waals surface area (Å²) in [4.78, 5) is 25.8. The van der Waals surface area contributed by atoms with E-state index in [0.29, 0.717) is 25.6 Å². The number of nitrogens with zero attached hydrogens (tertiary/aromatic N) is 1. The number of carbonyl (C=O) groups is 2. The van der Waals surface area contributed by atoms with E-state index < -0.39 is 11.9 Å². The van der Waals surface area contributed by atoms with Gasteiger partial charge in [-0.05, 0) is 31.6 Å². The van der Waals surface area contributed by atoms with Crippen molar-refractivity contribution in [2.24, 2.45) is 17.8 Å². The SMILES string of the molecule is CCC1C[C@H](C(=O)N(C)C2CCOCC2)[C@H](C(=O)O)C1. The molecule has 1 saturated heterocycles. The number of carboxylic acid groups (broad SMARTS) is 1. The molecule has 3 atom stereocenters. The topological polar surface area (TPSA) is 66.8 Å². The fourth-order valence-corrected chi connectivity index (χ4v) is 3.54. The molecule has 0 aromatic rings. The van der Waals surface area contributed by atoms with E-state index in [1.54, 1.807) is 4.90 Å². The van der Waals surface area contributed by atoms with Crippen LogP contribution in [0.5, 0.6) is 0 Å². The summed E-state index contributed by atoms with van der Waals surface area (Å²) in [6.07, 6.45) is 4.02. The van der Waals surface area contributed by atoms with Gasteiger partial charge in [0.1, 0.15) is 0 Å². The summed E-state index contributed by atoms with van der Waals surface area (Å²) in [6.45, 7) is 3.44. The minimum atomic E-state index is -0.820. The smallest absolute Gasteiger partial charge is 0.307 e. The minimum Gasteiger partial charge on any atom is -0.481 e. The number of aliphatic carboxylic acids is 1.